The van der Waals surface area contributed by atoms with Crippen LogP contribution in [0.15, 0.2) is 42.6 Å². The van der Waals surface area contributed by atoms with Crippen molar-refractivity contribution in [2.75, 3.05) is 18.4 Å². The van der Waals surface area contributed by atoms with Gasteiger partial charge in [0.15, 0.2) is 0 Å². The zero-order chi connectivity index (χ0) is 20.1. The fourth-order valence-corrected chi connectivity index (χ4v) is 3.25. The van der Waals surface area contributed by atoms with E-state index in [1.165, 1.54) is 11.6 Å². The van der Waals surface area contributed by atoms with Gasteiger partial charge in [-0.05, 0) is 48.4 Å². The summed E-state index contributed by atoms with van der Waals surface area (Å²) in [6.45, 7) is 1.17. The number of hydrogen-bond donors (Lipinski definition) is 3. The molecule has 0 aliphatic carbocycles. The third-order valence-electron chi connectivity index (χ3n) is 4.31. The maximum atomic E-state index is 12.6. The van der Waals surface area contributed by atoms with E-state index in [9.17, 15) is 9.59 Å². The van der Waals surface area contributed by atoms with Gasteiger partial charge in [-0.2, -0.15) is 0 Å². The molecule has 10 heteroatoms. The molecule has 1 aliphatic rings. The first-order chi connectivity index (χ1) is 13.5. The normalized spacial score (nSPS) is 15.8. The number of nitrogens with zero attached hydrogens (tertiary/aromatic N) is 2. The SMILES string of the molecule is Cl.O=C(C=Cc1cnc(N[C@@H]2CCN(C(=O)c3ccc(Cl)cc3)C2)c(Cl)c1)NO. The molecule has 0 radical (unpaired) electrons. The molecule has 2 aromatic rings. The van der Waals surface area contributed by atoms with Crippen LogP contribution >= 0.6 is 35.6 Å². The number of carbonyl (C=O) groups excluding carboxylic acids is 2. The van der Waals surface area contributed by atoms with Crippen molar-refractivity contribution >= 4 is 59.3 Å². The summed E-state index contributed by atoms with van der Waals surface area (Å²) < 4.78 is 0. The van der Waals surface area contributed by atoms with Crippen LogP contribution in [0.25, 0.3) is 6.08 Å². The van der Waals surface area contributed by atoms with E-state index in [1.54, 1.807) is 41.4 Å². The molecule has 1 aromatic heterocycles. The Labute approximate surface area is 184 Å². The van der Waals surface area contributed by atoms with E-state index >= 15 is 0 Å². The summed E-state index contributed by atoms with van der Waals surface area (Å²) in [7, 11) is 0. The minimum absolute atomic E-state index is 0. The summed E-state index contributed by atoms with van der Waals surface area (Å²) in [4.78, 5) is 29.6. The molecule has 1 saturated heterocycles. The van der Waals surface area contributed by atoms with Crippen molar-refractivity contribution in [3.63, 3.8) is 0 Å². The Hall–Kier alpha value is -2.32. The number of likely N-dealkylation sites (tertiary alicyclic amines) is 1. The van der Waals surface area contributed by atoms with Crippen LogP contribution in [-0.2, 0) is 4.79 Å². The number of pyridine rings is 1. The van der Waals surface area contributed by atoms with Crippen LogP contribution in [0.3, 0.4) is 0 Å². The van der Waals surface area contributed by atoms with Crippen LogP contribution < -0.4 is 10.8 Å². The molecule has 1 atom stereocenters. The summed E-state index contributed by atoms with van der Waals surface area (Å²) in [6, 6.07) is 8.52. The standard InChI is InChI=1S/C19H18Cl2N4O3.ClH/c20-14-4-2-13(3-5-14)19(27)25-8-7-15(11-25)23-18-16(21)9-12(10-22-18)1-6-17(26)24-28;/h1-6,9-10,15,28H,7-8,11H2,(H,22,23)(H,24,26);1H/t15-;/m1./s1. The number of rotatable bonds is 5. The highest BCUT2D eigenvalue weighted by atomic mass is 35.5. The van der Waals surface area contributed by atoms with E-state index in [0.29, 0.717) is 40.1 Å². The maximum absolute atomic E-state index is 12.6. The molecule has 1 aromatic carbocycles. The third kappa shape index (κ3) is 6.08. The molecule has 154 valence electrons. The van der Waals surface area contributed by atoms with Gasteiger partial charge < -0.3 is 10.2 Å². The van der Waals surface area contributed by atoms with Crippen molar-refractivity contribution in [3.05, 3.63) is 63.8 Å². The summed E-state index contributed by atoms with van der Waals surface area (Å²) >= 11 is 12.1. The van der Waals surface area contributed by atoms with E-state index in [0.717, 1.165) is 12.5 Å². The van der Waals surface area contributed by atoms with Crippen LogP contribution in [0, 0.1) is 0 Å². The van der Waals surface area contributed by atoms with Gasteiger partial charge >= 0.3 is 0 Å². The Morgan fingerprint density at radius 3 is 2.62 bits per heavy atom. The Morgan fingerprint density at radius 1 is 1.24 bits per heavy atom. The lowest BCUT2D eigenvalue weighted by molar-refractivity contribution is -0.124. The molecule has 29 heavy (non-hydrogen) atoms. The fourth-order valence-electron chi connectivity index (χ4n) is 2.89. The largest absolute Gasteiger partial charge is 0.364 e. The second-order valence-electron chi connectivity index (χ2n) is 6.30. The van der Waals surface area contributed by atoms with E-state index in [2.05, 4.69) is 10.3 Å². The fraction of sp³-hybridized carbons (Fsp3) is 0.211. The molecular weight excluding hydrogens is 439 g/mol. The Morgan fingerprint density at radius 2 is 1.97 bits per heavy atom. The van der Waals surface area contributed by atoms with Crippen molar-refractivity contribution in [3.8, 4) is 0 Å². The van der Waals surface area contributed by atoms with Gasteiger partial charge in [0.25, 0.3) is 11.8 Å². The van der Waals surface area contributed by atoms with Gasteiger partial charge in [0, 0.05) is 42.0 Å². The maximum Gasteiger partial charge on any atom is 0.267 e. The lowest BCUT2D eigenvalue weighted by atomic mass is 10.2. The summed E-state index contributed by atoms with van der Waals surface area (Å²) in [6.07, 6.45) is 4.98. The summed E-state index contributed by atoms with van der Waals surface area (Å²) in [5.74, 6) is -0.173. The van der Waals surface area contributed by atoms with Crippen LogP contribution in [0.1, 0.15) is 22.3 Å². The first kappa shape index (κ1) is 23.0. The molecule has 0 unspecified atom stereocenters. The van der Waals surface area contributed by atoms with Crippen molar-refractivity contribution < 1.29 is 14.8 Å². The smallest absolute Gasteiger partial charge is 0.267 e. The predicted molar refractivity (Wildman–Crippen MR) is 115 cm³/mol. The molecule has 2 heterocycles. The third-order valence-corrected chi connectivity index (χ3v) is 4.85. The Balaban J connectivity index is 0.00000300. The number of benzene rings is 1. The first-order valence-corrected chi connectivity index (χ1v) is 9.31. The zero-order valence-corrected chi connectivity index (χ0v) is 17.5. The summed E-state index contributed by atoms with van der Waals surface area (Å²) in [5, 5.41) is 12.7. The number of carbonyl (C=O) groups is 2. The minimum atomic E-state index is -0.644. The van der Waals surface area contributed by atoms with Crippen LogP contribution in [-0.4, -0.2) is 46.0 Å². The van der Waals surface area contributed by atoms with Gasteiger partial charge in [-0.3, -0.25) is 14.8 Å². The van der Waals surface area contributed by atoms with Crippen molar-refractivity contribution in [1.82, 2.24) is 15.4 Å². The van der Waals surface area contributed by atoms with Gasteiger partial charge in [0.1, 0.15) is 5.82 Å². The van der Waals surface area contributed by atoms with Crippen LogP contribution in [0.4, 0.5) is 5.82 Å². The quantitative estimate of drug-likeness (QED) is 0.362. The average Bonchev–Trinajstić information content (AvgIpc) is 3.16. The van der Waals surface area contributed by atoms with Gasteiger partial charge in [0.05, 0.1) is 5.02 Å². The predicted octanol–water partition coefficient (Wildman–Crippen LogP) is 3.66. The average molecular weight is 458 g/mol. The molecule has 2 amide bonds. The van der Waals surface area contributed by atoms with Gasteiger partial charge in [-0.15, -0.1) is 12.4 Å². The molecular formula is C19H19Cl3N4O3. The molecule has 7 nitrogen and oxygen atoms in total. The first-order valence-electron chi connectivity index (χ1n) is 8.55. The number of hydrogen-bond acceptors (Lipinski definition) is 5. The van der Waals surface area contributed by atoms with Crippen molar-refractivity contribution in [2.45, 2.75) is 12.5 Å². The second kappa shape index (κ2) is 10.5. The highest BCUT2D eigenvalue weighted by Gasteiger charge is 2.27. The molecule has 1 aliphatic heterocycles. The van der Waals surface area contributed by atoms with Gasteiger partial charge in [0.2, 0.25) is 0 Å². The second-order valence-corrected chi connectivity index (χ2v) is 7.14. The summed E-state index contributed by atoms with van der Waals surface area (Å²) in [5.41, 5.74) is 2.72. The zero-order valence-electron chi connectivity index (χ0n) is 15.1. The Bertz CT molecular complexity index is 906. The highest BCUT2D eigenvalue weighted by molar-refractivity contribution is 6.33. The monoisotopic (exact) mass is 456 g/mol. The number of nitrogens with one attached hydrogen (secondary N) is 2. The number of amides is 2. The Kier molecular flexibility index (Phi) is 8.28. The van der Waals surface area contributed by atoms with Crippen molar-refractivity contribution in [1.29, 1.82) is 0 Å². The number of hydroxylamine groups is 1. The lowest BCUT2D eigenvalue weighted by Crippen LogP contribution is -2.31. The van der Waals surface area contributed by atoms with Crippen LogP contribution in [0.5, 0.6) is 0 Å². The molecule has 3 N–H and O–H groups in total. The molecule has 0 saturated carbocycles. The number of halogens is 3. The van der Waals surface area contributed by atoms with E-state index in [4.69, 9.17) is 28.4 Å². The molecule has 1 fully saturated rings. The topological polar surface area (TPSA) is 94.6 Å². The lowest BCUT2D eigenvalue weighted by Gasteiger charge is -2.18. The van der Waals surface area contributed by atoms with E-state index in [-0.39, 0.29) is 24.4 Å². The van der Waals surface area contributed by atoms with Crippen LogP contribution in [0.2, 0.25) is 10.0 Å². The minimum Gasteiger partial charge on any atom is -0.364 e. The molecule has 3 rings (SSSR count). The highest BCUT2D eigenvalue weighted by Crippen LogP contribution is 2.24. The molecule has 0 spiro atoms. The number of anilines is 1. The van der Waals surface area contributed by atoms with E-state index < -0.39 is 5.91 Å². The van der Waals surface area contributed by atoms with Gasteiger partial charge in [-0.25, -0.2) is 10.5 Å². The van der Waals surface area contributed by atoms with E-state index in [1.807, 2.05) is 0 Å². The molecule has 0 bridgehead atoms. The number of aromatic nitrogens is 1. The van der Waals surface area contributed by atoms with Gasteiger partial charge in [-0.1, -0.05) is 23.2 Å². The van der Waals surface area contributed by atoms with Crippen molar-refractivity contribution in [2.24, 2.45) is 0 Å².